The number of allylic oxidation sites excluding steroid dienone is 1. The van der Waals surface area contributed by atoms with Crippen LogP contribution in [0.5, 0.6) is 0 Å². The van der Waals surface area contributed by atoms with Crippen LogP contribution in [-0.4, -0.2) is 77.9 Å². The molecular formula is C40H50N4O7S2. The first-order chi connectivity index (χ1) is 25.2. The quantitative estimate of drug-likeness (QED) is 0.281. The van der Waals surface area contributed by atoms with E-state index in [-0.39, 0.29) is 19.4 Å². The lowest BCUT2D eigenvalue weighted by Crippen LogP contribution is -2.58. The number of ether oxygens (including phenoxy) is 1. The van der Waals surface area contributed by atoms with Crippen molar-refractivity contribution in [2.45, 2.75) is 105 Å². The minimum atomic E-state index is -3.88. The summed E-state index contributed by atoms with van der Waals surface area (Å²) in [7, 11) is -3.88. The molecule has 3 fully saturated rings. The molecule has 1 saturated heterocycles. The normalized spacial score (nSPS) is 27.7. The van der Waals surface area contributed by atoms with Crippen molar-refractivity contribution in [3.63, 3.8) is 0 Å². The van der Waals surface area contributed by atoms with Crippen LogP contribution in [0.15, 0.2) is 79.4 Å². The zero-order valence-electron chi connectivity index (χ0n) is 30.6. The first-order valence-electron chi connectivity index (χ1n) is 18.4. The van der Waals surface area contributed by atoms with Gasteiger partial charge in [-0.25, -0.2) is 13.2 Å². The lowest BCUT2D eigenvalue weighted by molar-refractivity contribution is -0.141. The van der Waals surface area contributed by atoms with Crippen LogP contribution in [-0.2, 0) is 33.9 Å². The molecule has 4 aliphatic rings. The third kappa shape index (κ3) is 8.83. The smallest absolute Gasteiger partial charge is 0.408 e. The Bertz CT molecular complexity index is 1860. The highest BCUT2D eigenvalue weighted by Crippen LogP contribution is 2.50. The van der Waals surface area contributed by atoms with E-state index in [0.29, 0.717) is 31.4 Å². The van der Waals surface area contributed by atoms with Gasteiger partial charge in [-0.15, -0.1) is 18.3 Å². The summed E-state index contributed by atoms with van der Waals surface area (Å²) in [5.74, 6) is -1.63. The maximum Gasteiger partial charge on any atom is 0.408 e. The Morgan fingerprint density at radius 3 is 2.30 bits per heavy atom. The summed E-state index contributed by atoms with van der Waals surface area (Å²) in [4.78, 5) is 57.5. The molecule has 2 aliphatic carbocycles. The summed E-state index contributed by atoms with van der Waals surface area (Å²) in [6.07, 6.45) is 9.06. The van der Waals surface area contributed by atoms with Gasteiger partial charge in [0.15, 0.2) is 0 Å². The molecule has 2 bridgehead atoms. The number of alkyl carbamates (subject to hydrolysis) is 1. The average molecular weight is 763 g/mol. The standard InChI is InChI=1S/C40H50N4O7S2/c1-5-29-24-40(29,36(47)43-53(49,50)31-21-22-31)42-34(45)33-25-39(30-19-17-28(18-20-30)27-14-10-9-11-15-27)26-44(33)35(46)32(41-37(48)51-38(2,3)4)16-12-7-6-8-13-23-52-39/h5,8-11,13-15,17-20,29,31-33H,1,6-7,12,16,21-26H2,2-4H3,(H,41,48)(H,42,45)(H,43,47)/t29-,32+,33+,39+,40-/m1/s1. The van der Waals surface area contributed by atoms with Gasteiger partial charge in [0, 0.05) is 18.2 Å². The first-order valence-corrected chi connectivity index (χ1v) is 21.0. The van der Waals surface area contributed by atoms with Gasteiger partial charge in [-0.3, -0.25) is 19.1 Å². The van der Waals surface area contributed by atoms with Crippen LogP contribution in [0.2, 0.25) is 0 Å². The van der Waals surface area contributed by atoms with Crippen LogP contribution in [0.1, 0.15) is 77.7 Å². The van der Waals surface area contributed by atoms with E-state index in [4.69, 9.17) is 4.74 Å². The first kappa shape index (κ1) is 38.6. The summed E-state index contributed by atoms with van der Waals surface area (Å²) in [5, 5.41) is 5.08. The minimum Gasteiger partial charge on any atom is -0.444 e. The van der Waals surface area contributed by atoms with E-state index in [9.17, 15) is 27.6 Å². The number of thioether (sulfide) groups is 1. The molecule has 0 spiro atoms. The predicted molar refractivity (Wildman–Crippen MR) is 206 cm³/mol. The molecule has 284 valence electrons. The van der Waals surface area contributed by atoms with Gasteiger partial charge < -0.3 is 20.3 Å². The summed E-state index contributed by atoms with van der Waals surface area (Å²) in [6.45, 7) is 9.23. The Hall–Kier alpha value is -4.10. The van der Waals surface area contributed by atoms with Crippen LogP contribution < -0.4 is 15.4 Å². The van der Waals surface area contributed by atoms with E-state index < -0.39 is 73.0 Å². The van der Waals surface area contributed by atoms with Crippen molar-refractivity contribution in [2.75, 3.05) is 12.3 Å². The van der Waals surface area contributed by atoms with E-state index in [1.54, 1.807) is 38.6 Å². The summed E-state index contributed by atoms with van der Waals surface area (Å²) < 4.78 is 32.6. The lowest BCUT2D eigenvalue weighted by Gasteiger charge is -2.31. The van der Waals surface area contributed by atoms with Gasteiger partial charge in [0.05, 0.1) is 10.00 Å². The zero-order chi connectivity index (χ0) is 38.0. The second-order valence-corrected chi connectivity index (χ2v) is 18.9. The van der Waals surface area contributed by atoms with Gasteiger partial charge in [-0.1, -0.05) is 79.2 Å². The van der Waals surface area contributed by atoms with Crippen molar-refractivity contribution < 1.29 is 32.3 Å². The SMILES string of the molecule is C=C[C@@H]1C[C@]1(NC(=O)[C@@H]1C[C@@]2(c3ccc(-c4ccccc4)cc3)CN1C(=O)[C@@H](NC(=O)OC(C)(C)C)CCCCC=CCS2)C(=O)NS(=O)(=O)C1CC1. The molecule has 2 heterocycles. The maximum atomic E-state index is 14.7. The second-order valence-electron chi connectivity index (χ2n) is 15.6. The van der Waals surface area contributed by atoms with E-state index in [1.165, 1.54) is 4.90 Å². The number of hydrogen-bond donors (Lipinski definition) is 3. The molecule has 2 aromatic rings. The fourth-order valence-electron chi connectivity index (χ4n) is 7.26. The molecule has 6 rings (SSSR count). The molecular weight excluding hydrogens is 713 g/mol. The number of fused-ring (bicyclic) bond motifs is 2. The highest BCUT2D eigenvalue weighted by atomic mass is 32.2. The van der Waals surface area contributed by atoms with Gasteiger partial charge in [0.2, 0.25) is 21.8 Å². The monoisotopic (exact) mass is 762 g/mol. The number of sulfonamides is 1. The van der Waals surface area contributed by atoms with Crippen molar-refractivity contribution in [2.24, 2.45) is 5.92 Å². The van der Waals surface area contributed by atoms with Gasteiger partial charge >= 0.3 is 6.09 Å². The molecule has 0 radical (unpaired) electrons. The van der Waals surface area contributed by atoms with Crippen molar-refractivity contribution in [1.29, 1.82) is 0 Å². The average Bonchev–Trinajstić information content (AvgIpc) is 4.05. The molecule has 5 atom stereocenters. The Balaban J connectivity index is 1.36. The molecule has 13 heteroatoms. The molecule has 4 amide bonds. The van der Waals surface area contributed by atoms with Crippen LogP contribution in [0, 0.1) is 5.92 Å². The molecule has 11 nitrogen and oxygen atoms in total. The van der Waals surface area contributed by atoms with Gasteiger partial charge in [-0.05, 0) is 82.4 Å². The van der Waals surface area contributed by atoms with Crippen LogP contribution >= 0.6 is 11.8 Å². The number of hydrogen-bond acceptors (Lipinski definition) is 8. The van der Waals surface area contributed by atoms with E-state index in [0.717, 1.165) is 29.5 Å². The number of amides is 4. The van der Waals surface area contributed by atoms with Gasteiger partial charge in [0.25, 0.3) is 5.91 Å². The lowest BCUT2D eigenvalue weighted by atomic mass is 9.93. The molecule has 3 N–H and O–H groups in total. The number of benzene rings is 2. The van der Waals surface area contributed by atoms with Crippen molar-refractivity contribution in [3.05, 3.63) is 85.0 Å². The summed E-state index contributed by atoms with van der Waals surface area (Å²) in [6, 6.07) is 16.2. The summed E-state index contributed by atoms with van der Waals surface area (Å²) in [5.41, 5.74) is 0.729. The van der Waals surface area contributed by atoms with Crippen LogP contribution in [0.25, 0.3) is 11.1 Å². The Morgan fingerprint density at radius 2 is 1.66 bits per heavy atom. The number of carbonyl (C=O) groups is 4. The number of nitrogens with one attached hydrogen (secondary N) is 3. The second kappa shape index (κ2) is 15.3. The number of rotatable bonds is 9. The molecule has 2 aromatic carbocycles. The third-order valence-corrected chi connectivity index (χ3v) is 13.7. The highest BCUT2D eigenvalue weighted by Gasteiger charge is 2.62. The molecule has 0 unspecified atom stereocenters. The van der Waals surface area contributed by atoms with E-state index in [2.05, 4.69) is 34.1 Å². The van der Waals surface area contributed by atoms with Crippen LogP contribution in [0.3, 0.4) is 0 Å². The predicted octanol–water partition coefficient (Wildman–Crippen LogP) is 5.58. The highest BCUT2D eigenvalue weighted by molar-refractivity contribution is 8.00. The number of carbonyl (C=O) groups excluding carboxylic acids is 4. The van der Waals surface area contributed by atoms with Crippen molar-refractivity contribution in [1.82, 2.24) is 20.3 Å². The third-order valence-electron chi connectivity index (χ3n) is 10.4. The fraction of sp³-hybridized carbons (Fsp3) is 0.500. The van der Waals surface area contributed by atoms with Gasteiger partial charge in [-0.2, -0.15) is 0 Å². The zero-order valence-corrected chi connectivity index (χ0v) is 32.3. The van der Waals surface area contributed by atoms with E-state index >= 15 is 0 Å². The van der Waals surface area contributed by atoms with Crippen molar-refractivity contribution >= 4 is 45.6 Å². The minimum absolute atomic E-state index is 0.166. The molecule has 2 saturated carbocycles. The Kier molecular flexibility index (Phi) is 11.2. The van der Waals surface area contributed by atoms with Crippen LogP contribution in [0.4, 0.5) is 4.79 Å². The fourth-order valence-corrected chi connectivity index (χ4v) is 9.99. The molecule has 0 aromatic heterocycles. The number of nitrogens with zero attached hydrogens (tertiary/aromatic N) is 1. The molecule has 2 aliphatic heterocycles. The summed E-state index contributed by atoms with van der Waals surface area (Å²) >= 11 is 1.65. The van der Waals surface area contributed by atoms with Gasteiger partial charge in [0.1, 0.15) is 23.2 Å². The maximum absolute atomic E-state index is 14.7. The van der Waals surface area contributed by atoms with Crippen molar-refractivity contribution in [3.8, 4) is 11.1 Å². The Morgan fingerprint density at radius 1 is 0.962 bits per heavy atom. The van der Waals surface area contributed by atoms with E-state index in [1.807, 2.05) is 54.6 Å². The Labute approximate surface area is 316 Å². The largest absolute Gasteiger partial charge is 0.444 e. The molecule has 53 heavy (non-hydrogen) atoms. The topological polar surface area (TPSA) is 151 Å².